The summed E-state index contributed by atoms with van der Waals surface area (Å²) >= 11 is 0. The van der Waals surface area contributed by atoms with E-state index in [9.17, 15) is 9.59 Å². The van der Waals surface area contributed by atoms with Crippen molar-refractivity contribution in [3.63, 3.8) is 0 Å². The largest absolute Gasteiger partial charge is 0.356 e. The summed E-state index contributed by atoms with van der Waals surface area (Å²) in [5.74, 6) is 1.98. The van der Waals surface area contributed by atoms with Crippen LogP contribution in [0.25, 0.3) is 0 Å². The Hall–Kier alpha value is -1.06. The average Bonchev–Trinajstić information content (AvgIpc) is 2.54. The SMILES string of the molecule is CCCCNC(=O)CCC(C)CCC(C)CNC(=O)CCC(C)C. The van der Waals surface area contributed by atoms with Crippen molar-refractivity contribution in [2.75, 3.05) is 13.1 Å². The lowest BCUT2D eigenvalue weighted by Gasteiger charge is -2.16. The lowest BCUT2D eigenvalue weighted by Crippen LogP contribution is -2.28. The number of nitrogens with one attached hydrogen (secondary N) is 2. The van der Waals surface area contributed by atoms with Crippen LogP contribution in [0.1, 0.15) is 86.0 Å². The van der Waals surface area contributed by atoms with Gasteiger partial charge in [0.05, 0.1) is 0 Å². The molecule has 0 aromatic rings. The highest BCUT2D eigenvalue weighted by Crippen LogP contribution is 2.16. The molecule has 142 valence electrons. The molecule has 2 unspecified atom stereocenters. The summed E-state index contributed by atoms with van der Waals surface area (Å²) in [6, 6.07) is 0. The van der Waals surface area contributed by atoms with Crippen LogP contribution in [0.3, 0.4) is 0 Å². The molecular formula is C20H40N2O2. The molecule has 24 heavy (non-hydrogen) atoms. The van der Waals surface area contributed by atoms with E-state index in [1.807, 2.05) is 0 Å². The van der Waals surface area contributed by atoms with Crippen molar-refractivity contribution < 1.29 is 9.59 Å². The van der Waals surface area contributed by atoms with Crippen molar-refractivity contribution in [3.8, 4) is 0 Å². The quantitative estimate of drug-likeness (QED) is 0.464. The molecule has 0 radical (unpaired) electrons. The lowest BCUT2D eigenvalue weighted by atomic mass is 9.94. The fourth-order valence-corrected chi connectivity index (χ4v) is 2.48. The summed E-state index contributed by atoms with van der Waals surface area (Å²) in [4.78, 5) is 23.4. The van der Waals surface area contributed by atoms with Gasteiger partial charge in [-0.1, -0.05) is 47.5 Å². The van der Waals surface area contributed by atoms with Crippen LogP contribution in [0.2, 0.25) is 0 Å². The Morgan fingerprint density at radius 3 is 2.00 bits per heavy atom. The number of carbonyl (C=O) groups excluding carboxylic acids is 2. The fraction of sp³-hybridized carbons (Fsp3) is 0.900. The van der Waals surface area contributed by atoms with Crippen LogP contribution in [0.5, 0.6) is 0 Å². The Morgan fingerprint density at radius 1 is 0.792 bits per heavy atom. The molecule has 0 spiro atoms. The molecule has 4 heteroatoms. The maximum atomic E-state index is 11.7. The van der Waals surface area contributed by atoms with Gasteiger partial charge in [0.2, 0.25) is 11.8 Å². The number of amides is 2. The molecule has 4 nitrogen and oxygen atoms in total. The predicted octanol–water partition coefficient (Wildman–Crippen LogP) is 4.29. The van der Waals surface area contributed by atoms with Gasteiger partial charge in [0.25, 0.3) is 0 Å². The summed E-state index contributed by atoms with van der Waals surface area (Å²) in [5, 5.41) is 6.01. The molecule has 0 fully saturated rings. The second-order valence-electron chi connectivity index (χ2n) is 7.77. The van der Waals surface area contributed by atoms with Gasteiger partial charge in [-0.3, -0.25) is 9.59 Å². The molecule has 0 aliphatic rings. The molecular weight excluding hydrogens is 300 g/mol. The van der Waals surface area contributed by atoms with Crippen molar-refractivity contribution in [3.05, 3.63) is 0 Å². The zero-order valence-corrected chi connectivity index (χ0v) is 16.6. The molecule has 0 aromatic carbocycles. The monoisotopic (exact) mass is 340 g/mol. The maximum Gasteiger partial charge on any atom is 0.220 e. The Labute approximate surface area is 149 Å². The molecule has 0 saturated heterocycles. The van der Waals surface area contributed by atoms with Gasteiger partial charge in [0, 0.05) is 25.9 Å². The third-order valence-electron chi connectivity index (χ3n) is 4.47. The van der Waals surface area contributed by atoms with Crippen LogP contribution in [0.4, 0.5) is 0 Å². The average molecular weight is 341 g/mol. The Bertz CT molecular complexity index is 343. The molecule has 2 amide bonds. The van der Waals surface area contributed by atoms with Crippen LogP contribution in [-0.2, 0) is 9.59 Å². The van der Waals surface area contributed by atoms with Crippen LogP contribution < -0.4 is 10.6 Å². The van der Waals surface area contributed by atoms with E-state index in [4.69, 9.17) is 0 Å². The van der Waals surface area contributed by atoms with Crippen LogP contribution in [-0.4, -0.2) is 24.9 Å². The summed E-state index contributed by atoms with van der Waals surface area (Å²) in [7, 11) is 0. The summed E-state index contributed by atoms with van der Waals surface area (Å²) in [6.07, 6.45) is 7.56. The van der Waals surface area contributed by atoms with Crippen molar-refractivity contribution in [1.29, 1.82) is 0 Å². The summed E-state index contributed by atoms with van der Waals surface area (Å²) < 4.78 is 0. The Morgan fingerprint density at radius 2 is 1.38 bits per heavy atom. The van der Waals surface area contributed by atoms with Gasteiger partial charge in [0.15, 0.2) is 0 Å². The lowest BCUT2D eigenvalue weighted by molar-refractivity contribution is -0.122. The van der Waals surface area contributed by atoms with E-state index in [-0.39, 0.29) is 11.8 Å². The third-order valence-corrected chi connectivity index (χ3v) is 4.47. The van der Waals surface area contributed by atoms with E-state index in [1.165, 1.54) is 0 Å². The van der Waals surface area contributed by atoms with Crippen LogP contribution in [0, 0.1) is 17.8 Å². The van der Waals surface area contributed by atoms with Crippen molar-refractivity contribution >= 4 is 11.8 Å². The van der Waals surface area contributed by atoms with E-state index < -0.39 is 0 Å². The Kier molecular flexibility index (Phi) is 13.7. The first-order valence-corrected chi connectivity index (χ1v) is 9.88. The molecule has 0 bridgehead atoms. The zero-order chi connectivity index (χ0) is 18.4. The number of rotatable bonds is 14. The van der Waals surface area contributed by atoms with Gasteiger partial charge in [-0.25, -0.2) is 0 Å². The van der Waals surface area contributed by atoms with E-state index in [0.717, 1.165) is 51.6 Å². The molecule has 2 atom stereocenters. The Balaban J connectivity index is 3.68. The molecule has 0 saturated carbocycles. The van der Waals surface area contributed by atoms with E-state index in [1.54, 1.807) is 0 Å². The number of unbranched alkanes of at least 4 members (excludes halogenated alkanes) is 1. The predicted molar refractivity (Wildman–Crippen MR) is 102 cm³/mol. The van der Waals surface area contributed by atoms with E-state index >= 15 is 0 Å². The first-order valence-electron chi connectivity index (χ1n) is 9.88. The van der Waals surface area contributed by atoms with E-state index in [0.29, 0.717) is 30.6 Å². The first-order chi connectivity index (χ1) is 11.3. The van der Waals surface area contributed by atoms with Crippen LogP contribution in [0.15, 0.2) is 0 Å². The second kappa shape index (κ2) is 14.3. The molecule has 2 N–H and O–H groups in total. The van der Waals surface area contributed by atoms with Crippen molar-refractivity contribution in [1.82, 2.24) is 10.6 Å². The van der Waals surface area contributed by atoms with Gasteiger partial charge >= 0.3 is 0 Å². The molecule has 0 aliphatic heterocycles. The highest BCUT2D eigenvalue weighted by Gasteiger charge is 2.10. The number of carbonyl (C=O) groups is 2. The van der Waals surface area contributed by atoms with Crippen molar-refractivity contribution in [2.45, 2.75) is 86.0 Å². The molecule has 0 aromatic heterocycles. The second-order valence-corrected chi connectivity index (χ2v) is 7.77. The normalized spacial score (nSPS) is 13.6. The minimum atomic E-state index is 0.173. The number of hydrogen-bond donors (Lipinski definition) is 2. The smallest absolute Gasteiger partial charge is 0.220 e. The minimum Gasteiger partial charge on any atom is -0.356 e. The van der Waals surface area contributed by atoms with Gasteiger partial charge in [-0.05, 0) is 43.4 Å². The van der Waals surface area contributed by atoms with Gasteiger partial charge < -0.3 is 10.6 Å². The third kappa shape index (κ3) is 14.5. The molecule has 0 rings (SSSR count). The van der Waals surface area contributed by atoms with Gasteiger partial charge in [0.1, 0.15) is 0 Å². The highest BCUT2D eigenvalue weighted by atomic mass is 16.2. The van der Waals surface area contributed by atoms with Crippen molar-refractivity contribution in [2.24, 2.45) is 17.8 Å². The van der Waals surface area contributed by atoms with Gasteiger partial charge in [-0.15, -0.1) is 0 Å². The zero-order valence-electron chi connectivity index (χ0n) is 16.6. The summed E-state index contributed by atoms with van der Waals surface area (Å²) in [6.45, 7) is 12.4. The minimum absolute atomic E-state index is 0.173. The summed E-state index contributed by atoms with van der Waals surface area (Å²) in [5.41, 5.74) is 0. The molecule has 0 aliphatic carbocycles. The standard InChI is InChI=1S/C20H40N2O2/c1-6-7-14-21-19(23)13-11-17(4)9-10-18(5)15-22-20(24)12-8-16(2)3/h16-18H,6-15H2,1-5H3,(H,21,23)(H,22,24). The van der Waals surface area contributed by atoms with Crippen LogP contribution >= 0.6 is 0 Å². The highest BCUT2D eigenvalue weighted by molar-refractivity contribution is 5.76. The maximum absolute atomic E-state index is 11.7. The van der Waals surface area contributed by atoms with E-state index in [2.05, 4.69) is 45.3 Å². The fourth-order valence-electron chi connectivity index (χ4n) is 2.48. The topological polar surface area (TPSA) is 58.2 Å². The number of hydrogen-bond acceptors (Lipinski definition) is 2. The first kappa shape index (κ1) is 22.9. The molecule has 0 heterocycles. The van der Waals surface area contributed by atoms with Gasteiger partial charge in [-0.2, -0.15) is 0 Å².